The molecule has 1 atom stereocenters. The van der Waals surface area contributed by atoms with Gasteiger partial charge in [-0.1, -0.05) is 0 Å². The molecule has 0 saturated heterocycles. The average molecular weight is 214 g/mol. The van der Waals surface area contributed by atoms with E-state index in [2.05, 4.69) is 14.9 Å². The number of rotatable bonds is 4. The fourth-order valence-corrected chi connectivity index (χ4v) is 1.17. The van der Waals surface area contributed by atoms with Crippen molar-refractivity contribution in [2.24, 2.45) is 5.73 Å². The Balaban J connectivity index is 3.07. The molecule has 15 heavy (non-hydrogen) atoms. The number of H-pyrrole nitrogens is 1. The van der Waals surface area contributed by atoms with Crippen LogP contribution in [0.5, 0.6) is 0 Å². The number of carbonyl (C=O) groups is 1. The molecule has 8 heteroatoms. The number of nitrogens with two attached hydrogens (primary N) is 1. The third-order valence-electron chi connectivity index (χ3n) is 1.91. The Labute approximate surface area is 84.6 Å². The van der Waals surface area contributed by atoms with Crippen molar-refractivity contribution in [1.82, 2.24) is 10.2 Å². The molecule has 1 rings (SSSR count). The summed E-state index contributed by atoms with van der Waals surface area (Å²) in [6.45, 7) is -0.0876. The summed E-state index contributed by atoms with van der Waals surface area (Å²) in [7, 11) is 1.19. The van der Waals surface area contributed by atoms with Gasteiger partial charge in [-0.15, -0.1) is 0 Å². The highest BCUT2D eigenvalue weighted by atomic mass is 16.6. The number of methoxy groups -OCH3 is 1. The van der Waals surface area contributed by atoms with Gasteiger partial charge in [-0.2, -0.15) is 5.10 Å². The predicted molar refractivity (Wildman–Crippen MR) is 49.1 cm³/mol. The summed E-state index contributed by atoms with van der Waals surface area (Å²) in [5.41, 5.74) is 5.13. The molecule has 0 spiro atoms. The zero-order valence-corrected chi connectivity index (χ0v) is 7.97. The lowest BCUT2D eigenvalue weighted by Crippen LogP contribution is -2.23. The van der Waals surface area contributed by atoms with Gasteiger partial charge in [0.15, 0.2) is 0 Å². The molecule has 3 N–H and O–H groups in total. The van der Waals surface area contributed by atoms with Gasteiger partial charge in [0.2, 0.25) is 0 Å². The van der Waals surface area contributed by atoms with Crippen molar-refractivity contribution in [2.75, 3.05) is 13.7 Å². The monoisotopic (exact) mass is 214 g/mol. The summed E-state index contributed by atoms with van der Waals surface area (Å²) in [5.74, 6) is -1.53. The van der Waals surface area contributed by atoms with Crippen LogP contribution in [-0.2, 0) is 9.53 Å². The van der Waals surface area contributed by atoms with E-state index in [4.69, 9.17) is 5.73 Å². The summed E-state index contributed by atoms with van der Waals surface area (Å²) in [6.07, 6.45) is 1.03. The molecule has 0 fully saturated rings. The lowest BCUT2D eigenvalue weighted by molar-refractivity contribution is -0.385. The minimum atomic E-state index is -0.891. The summed E-state index contributed by atoms with van der Waals surface area (Å²) < 4.78 is 4.47. The number of carbonyl (C=O) groups excluding carboxylic acids is 1. The van der Waals surface area contributed by atoms with E-state index >= 15 is 0 Å². The molecule has 0 aliphatic heterocycles. The number of esters is 1. The van der Waals surface area contributed by atoms with E-state index in [1.54, 1.807) is 0 Å². The summed E-state index contributed by atoms with van der Waals surface area (Å²) in [6, 6.07) is 0. The molecule has 0 saturated carbocycles. The van der Waals surface area contributed by atoms with Gasteiger partial charge >= 0.3 is 11.7 Å². The Bertz CT molecular complexity index is 375. The van der Waals surface area contributed by atoms with Crippen LogP contribution in [0, 0.1) is 10.1 Å². The second-order valence-electron chi connectivity index (χ2n) is 2.74. The number of hydrogen-bond donors (Lipinski definition) is 2. The number of aromatic nitrogens is 2. The summed E-state index contributed by atoms with van der Waals surface area (Å²) >= 11 is 0. The molecule has 1 unspecified atom stereocenters. The highest BCUT2D eigenvalue weighted by molar-refractivity contribution is 5.79. The van der Waals surface area contributed by atoms with Gasteiger partial charge in [-0.3, -0.25) is 20.0 Å². The zero-order valence-electron chi connectivity index (χ0n) is 7.97. The van der Waals surface area contributed by atoms with E-state index in [-0.39, 0.29) is 17.9 Å². The average Bonchev–Trinajstić information content (AvgIpc) is 2.67. The third kappa shape index (κ3) is 2.10. The highest BCUT2D eigenvalue weighted by Gasteiger charge is 2.29. The number of aromatic amines is 1. The Morgan fingerprint density at radius 3 is 3.00 bits per heavy atom. The fourth-order valence-electron chi connectivity index (χ4n) is 1.17. The lowest BCUT2D eigenvalue weighted by Gasteiger charge is -2.08. The zero-order chi connectivity index (χ0) is 11.4. The maximum absolute atomic E-state index is 11.2. The number of ether oxygens (including phenoxy) is 1. The van der Waals surface area contributed by atoms with E-state index in [0.29, 0.717) is 0 Å². The maximum atomic E-state index is 11.2. The molecular formula is C7H10N4O4. The second kappa shape index (κ2) is 4.51. The van der Waals surface area contributed by atoms with Crippen LogP contribution in [0.25, 0.3) is 0 Å². The first kappa shape index (κ1) is 11.1. The van der Waals surface area contributed by atoms with Gasteiger partial charge in [-0.25, -0.2) is 0 Å². The van der Waals surface area contributed by atoms with E-state index in [1.807, 2.05) is 0 Å². The Morgan fingerprint density at radius 1 is 1.87 bits per heavy atom. The Hall–Kier alpha value is -1.96. The Kier molecular flexibility index (Phi) is 3.34. The van der Waals surface area contributed by atoms with Crippen molar-refractivity contribution in [3.8, 4) is 0 Å². The molecular weight excluding hydrogens is 204 g/mol. The normalized spacial score (nSPS) is 12.1. The van der Waals surface area contributed by atoms with Crippen LogP contribution in [0.3, 0.4) is 0 Å². The quantitative estimate of drug-likeness (QED) is 0.396. The molecule has 0 aliphatic rings. The molecule has 0 aliphatic carbocycles. The van der Waals surface area contributed by atoms with Gasteiger partial charge in [0.05, 0.1) is 12.0 Å². The van der Waals surface area contributed by atoms with Gasteiger partial charge in [0, 0.05) is 6.54 Å². The number of nitrogens with one attached hydrogen (secondary N) is 1. The molecule has 82 valence electrons. The minimum absolute atomic E-state index is 0.0642. The molecule has 1 aromatic heterocycles. The van der Waals surface area contributed by atoms with Crippen molar-refractivity contribution in [3.05, 3.63) is 22.0 Å². The van der Waals surface area contributed by atoms with E-state index in [0.717, 1.165) is 6.20 Å². The molecule has 0 aromatic carbocycles. The van der Waals surface area contributed by atoms with Crippen LogP contribution in [0.1, 0.15) is 11.6 Å². The van der Waals surface area contributed by atoms with Crippen LogP contribution in [0.15, 0.2) is 6.20 Å². The van der Waals surface area contributed by atoms with Crippen molar-refractivity contribution in [3.63, 3.8) is 0 Å². The van der Waals surface area contributed by atoms with Crippen LogP contribution < -0.4 is 5.73 Å². The molecule has 1 heterocycles. The van der Waals surface area contributed by atoms with Gasteiger partial charge in [-0.05, 0) is 0 Å². The standard InChI is InChI=1S/C7H10N4O4/c1-15-7(12)4(2-8)6-5(11(13)14)3-9-10-6/h3-4H,2,8H2,1H3,(H,9,10). The summed E-state index contributed by atoms with van der Waals surface area (Å²) in [4.78, 5) is 21.2. The largest absolute Gasteiger partial charge is 0.468 e. The van der Waals surface area contributed by atoms with Crippen LogP contribution >= 0.6 is 0 Å². The molecule has 1 aromatic rings. The van der Waals surface area contributed by atoms with Crippen molar-refractivity contribution < 1.29 is 14.5 Å². The first-order valence-corrected chi connectivity index (χ1v) is 4.07. The number of hydrogen-bond acceptors (Lipinski definition) is 6. The van der Waals surface area contributed by atoms with Crippen LogP contribution in [-0.4, -0.2) is 34.7 Å². The van der Waals surface area contributed by atoms with Crippen molar-refractivity contribution in [2.45, 2.75) is 5.92 Å². The molecule has 8 nitrogen and oxygen atoms in total. The van der Waals surface area contributed by atoms with Gasteiger partial charge < -0.3 is 10.5 Å². The number of nitrogens with zero attached hydrogens (tertiary/aromatic N) is 2. The SMILES string of the molecule is COC(=O)C(CN)c1[nH]ncc1[N+](=O)[O-]. The fraction of sp³-hybridized carbons (Fsp3) is 0.429. The molecule has 0 radical (unpaired) electrons. The van der Waals surface area contributed by atoms with Crippen LogP contribution in [0.2, 0.25) is 0 Å². The molecule has 0 amide bonds. The smallest absolute Gasteiger partial charge is 0.316 e. The van der Waals surface area contributed by atoms with E-state index < -0.39 is 16.8 Å². The lowest BCUT2D eigenvalue weighted by atomic mass is 10.1. The van der Waals surface area contributed by atoms with Gasteiger partial charge in [0.1, 0.15) is 17.8 Å². The first-order chi connectivity index (χ1) is 7.11. The topological polar surface area (TPSA) is 124 Å². The maximum Gasteiger partial charge on any atom is 0.316 e. The van der Waals surface area contributed by atoms with Crippen molar-refractivity contribution in [1.29, 1.82) is 0 Å². The van der Waals surface area contributed by atoms with Crippen molar-refractivity contribution >= 4 is 11.7 Å². The Morgan fingerprint density at radius 2 is 2.53 bits per heavy atom. The van der Waals surface area contributed by atoms with E-state index in [1.165, 1.54) is 7.11 Å². The predicted octanol–water partition coefficient (Wildman–Crippen LogP) is -0.467. The summed E-state index contributed by atoms with van der Waals surface area (Å²) in [5, 5.41) is 16.4. The van der Waals surface area contributed by atoms with E-state index in [9.17, 15) is 14.9 Å². The minimum Gasteiger partial charge on any atom is -0.468 e. The van der Waals surface area contributed by atoms with Crippen LogP contribution in [0.4, 0.5) is 5.69 Å². The molecule has 0 bridgehead atoms. The third-order valence-corrected chi connectivity index (χ3v) is 1.91. The number of nitro groups is 1. The first-order valence-electron chi connectivity index (χ1n) is 4.07. The second-order valence-corrected chi connectivity index (χ2v) is 2.74. The van der Waals surface area contributed by atoms with Gasteiger partial charge in [0.25, 0.3) is 0 Å². The highest BCUT2D eigenvalue weighted by Crippen LogP contribution is 2.23.